The van der Waals surface area contributed by atoms with Crippen LogP contribution >= 0.6 is 11.6 Å². The third-order valence-electron chi connectivity index (χ3n) is 2.74. The normalized spacial score (nSPS) is 16.1. The molecule has 2 amide bonds. The fourth-order valence-corrected chi connectivity index (χ4v) is 1.98. The molecule has 1 aliphatic rings. The van der Waals surface area contributed by atoms with Crippen molar-refractivity contribution < 1.29 is 14.7 Å². The maximum Gasteiger partial charge on any atom is 0.254 e. The van der Waals surface area contributed by atoms with Crippen molar-refractivity contribution in [2.75, 3.05) is 19.6 Å². The number of carbonyl (C=O) groups is 2. The molecule has 0 atom stereocenters. The molecule has 0 bridgehead atoms. The summed E-state index contributed by atoms with van der Waals surface area (Å²) in [6.07, 6.45) is 0.725. The zero-order valence-corrected chi connectivity index (χ0v) is 10.4. The Morgan fingerprint density at radius 3 is 2.94 bits per heavy atom. The third kappa shape index (κ3) is 2.73. The Hall–Kier alpha value is -1.75. The molecule has 1 aliphatic heterocycles. The van der Waals surface area contributed by atoms with Crippen molar-refractivity contribution in [1.29, 1.82) is 0 Å². The van der Waals surface area contributed by atoms with Crippen LogP contribution in [0.3, 0.4) is 0 Å². The van der Waals surface area contributed by atoms with Crippen molar-refractivity contribution in [2.24, 2.45) is 0 Å². The van der Waals surface area contributed by atoms with Gasteiger partial charge in [0.1, 0.15) is 5.75 Å². The Balaban J connectivity index is 2.19. The Morgan fingerprint density at radius 2 is 2.22 bits per heavy atom. The van der Waals surface area contributed by atoms with E-state index >= 15 is 0 Å². The molecule has 0 radical (unpaired) electrons. The van der Waals surface area contributed by atoms with Gasteiger partial charge in [0.05, 0.1) is 11.6 Å². The summed E-state index contributed by atoms with van der Waals surface area (Å²) in [4.78, 5) is 25.0. The molecule has 2 rings (SSSR count). The first-order chi connectivity index (χ1) is 8.58. The number of hydrogen-bond acceptors (Lipinski definition) is 3. The fourth-order valence-electron chi connectivity index (χ4n) is 1.80. The zero-order chi connectivity index (χ0) is 13.1. The number of phenolic OH excluding ortho intramolecular Hbond substituents is 1. The van der Waals surface area contributed by atoms with Crippen molar-refractivity contribution in [2.45, 2.75) is 6.42 Å². The lowest BCUT2D eigenvalue weighted by Crippen LogP contribution is -2.37. The monoisotopic (exact) mass is 268 g/mol. The molecule has 18 heavy (non-hydrogen) atoms. The highest BCUT2D eigenvalue weighted by molar-refractivity contribution is 6.32. The lowest BCUT2D eigenvalue weighted by atomic mass is 10.2. The number of hydrogen-bond donors (Lipinski definition) is 2. The highest BCUT2D eigenvalue weighted by Gasteiger charge is 2.21. The van der Waals surface area contributed by atoms with Gasteiger partial charge in [0.25, 0.3) is 5.91 Å². The molecule has 1 fully saturated rings. The first-order valence-electron chi connectivity index (χ1n) is 5.62. The van der Waals surface area contributed by atoms with Crippen LogP contribution in [0.25, 0.3) is 0 Å². The summed E-state index contributed by atoms with van der Waals surface area (Å²) >= 11 is 5.76. The van der Waals surface area contributed by atoms with Gasteiger partial charge in [0, 0.05) is 18.7 Å². The van der Waals surface area contributed by atoms with Crippen LogP contribution in [0.1, 0.15) is 16.8 Å². The number of nitrogens with zero attached hydrogens (tertiary/aromatic N) is 1. The lowest BCUT2D eigenvalue weighted by molar-refractivity contribution is -0.121. The molecule has 1 aromatic carbocycles. The van der Waals surface area contributed by atoms with Crippen molar-refractivity contribution in [1.82, 2.24) is 10.2 Å². The van der Waals surface area contributed by atoms with E-state index in [0.717, 1.165) is 6.42 Å². The highest BCUT2D eigenvalue weighted by Crippen LogP contribution is 2.24. The van der Waals surface area contributed by atoms with Crippen LogP contribution in [0.5, 0.6) is 5.75 Å². The molecule has 96 valence electrons. The molecule has 5 nitrogen and oxygen atoms in total. The second kappa shape index (κ2) is 5.27. The van der Waals surface area contributed by atoms with E-state index in [-0.39, 0.29) is 29.1 Å². The molecule has 1 aromatic rings. The van der Waals surface area contributed by atoms with E-state index in [2.05, 4.69) is 5.32 Å². The Morgan fingerprint density at radius 1 is 1.44 bits per heavy atom. The van der Waals surface area contributed by atoms with E-state index in [1.165, 1.54) is 23.1 Å². The molecular formula is C12H13ClN2O3. The van der Waals surface area contributed by atoms with Crippen molar-refractivity contribution in [3.05, 3.63) is 28.8 Å². The molecule has 0 aromatic heterocycles. The fraction of sp³-hybridized carbons (Fsp3) is 0.333. The van der Waals surface area contributed by atoms with Crippen LogP contribution in [-0.4, -0.2) is 41.5 Å². The second-order valence-corrected chi connectivity index (χ2v) is 4.50. The van der Waals surface area contributed by atoms with Crippen molar-refractivity contribution >= 4 is 23.4 Å². The number of phenols is 1. The first kappa shape index (κ1) is 12.7. The molecule has 0 unspecified atom stereocenters. The van der Waals surface area contributed by atoms with E-state index in [4.69, 9.17) is 11.6 Å². The highest BCUT2D eigenvalue weighted by atomic mass is 35.5. The van der Waals surface area contributed by atoms with Crippen LogP contribution < -0.4 is 5.32 Å². The number of amides is 2. The standard InChI is InChI=1S/C12H13ClN2O3/c13-9-6-8(2-3-10(9)16)12(18)15-5-1-4-14-11(17)7-15/h2-3,6,16H,1,4-5,7H2,(H,14,17). The predicted molar refractivity (Wildman–Crippen MR) is 66.6 cm³/mol. The van der Waals surface area contributed by atoms with Gasteiger partial charge in [-0.2, -0.15) is 0 Å². The molecule has 0 spiro atoms. The summed E-state index contributed by atoms with van der Waals surface area (Å²) in [7, 11) is 0. The summed E-state index contributed by atoms with van der Waals surface area (Å²) in [5.41, 5.74) is 0.368. The predicted octanol–water partition coefficient (Wildman–Crippen LogP) is 1.01. The topological polar surface area (TPSA) is 69.6 Å². The van der Waals surface area contributed by atoms with Crippen LogP contribution in [0.4, 0.5) is 0 Å². The molecule has 0 saturated carbocycles. The maximum absolute atomic E-state index is 12.2. The van der Waals surface area contributed by atoms with Gasteiger partial charge in [0.2, 0.25) is 5.91 Å². The molecule has 0 aliphatic carbocycles. The molecule has 1 heterocycles. The van der Waals surface area contributed by atoms with Gasteiger partial charge in [0.15, 0.2) is 0 Å². The summed E-state index contributed by atoms with van der Waals surface area (Å²) in [5.74, 6) is -0.485. The third-order valence-corrected chi connectivity index (χ3v) is 3.05. The molecule has 6 heteroatoms. The Kier molecular flexibility index (Phi) is 3.72. The lowest BCUT2D eigenvalue weighted by Gasteiger charge is -2.19. The Labute approximate surface area is 109 Å². The molecular weight excluding hydrogens is 256 g/mol. The minimum Gasteiger partial charge on any atom is -0.506 e. The van der Waals surface area contributed by atoms with Crippen LogP contribution in [0.15, 0.2) is 18.2 Å². The number of rotatable bonds is 1. The summed E-state index contributed by atoms with van der Waals surface area (Å²) < 4.78 is 0. The Bertz CT molecular complexity index is 490. The number of carbonyl (C=O) groups excluding carboxylic acids is 2. The number of halogens is 1. The van der Waals surface area contributed by atoms with Gasteiger partial charge < -0.3 is 15.3 Å². The average molecular weight is 269 g/mol. The van der Waals surface area contributed by atoms with E-state index in [1.807, 2.05) is 0 Å². The van der Waals surface area contributed by atoms with Gasteiger partial charge in [-0.05, 0) is 24.6 Å². The SMILES string of the molecule is O=C1CN(C(=O)c2ccc(O)c(Cl)c2)CCCN1. The van der Waals surface area contributed by atoms with E-state index < -0.39 is 0 Å². The zero-order valence-electron chi connectivity index (χ0n) is 9.65. The largest absolute Gasteiger partial charge is 0.506 e. The quantitative estimate of drug-likeness (QED) is 0.799. The van der Waals surface area contributed by atoms with Crippen LogP contribution in [0.2, 0.25) is 5.02 Å². The maximum atomic E-state index is 12.2. The summed E-state index contributed by atoms with van der Waals surface area (Å²) in [6, 6.07) is 4.27. The van der Waals surface area contributed by atoms with Gasteiger partial charge in [-0.15, -0.1) is 0 Å². The number of aromatic hydroxyl groups is 1. The number of nitrogens with one attached hydrogen (secondary N) is 1. The minimum atomic E-state index is -0.256. The molecule has 1 saturated heterocycles. The molecule has 2 N–H and O–H groups in total. The smallest absolute Gasteiger partial charge is 0.254 e. The van der Waals surface area contributed by atoms with Gasteiger partial charge in [-0.1, -0.05) is 11.6 Å². The van der Waals surface area contributed by atoms with Gasteiger partial charge in [-0.3, -0.25) is 9.59 Å². The van der Waals surface area contributed by atoms with Gasteiger partial charge in [-0.25, -0.2) is 0 Å². The van der Waals surface area contributed by atoms with Crippen LogP contribution in [-0.2, 0) is 4.79 Å². The van der Waals surface area contributed by atoms with Crippen molar-refractivity contribution in [3.63, 3.8) is 0 Å². The second-order valence-electron chi connectivity index (χ2n) is 4.10. The van der Waals surface area contributed by atoms with E-state index in [1.54, 1.807) is 0 Å². The van der Waals surface area contributed by atoms with E-state index in [9.17, 15) is 14.7 Å². The summed E-state index contributed by atoms with van der Waals surface area (Å²) in [6.45, 7) is 1.16. The van der Waals surface area contributed by atoms with Crippen LogP contribution in [0, 0.1) is 0 Å². The minimum absolute atomic E-state index is 0.0529. The average Bonchev–Trinajstić information content (AvgIpc) is 2.56. The van der Waals surface area contributed by atoms with Crippen molar-refractivity contribution in [3.8, 4) is 5.75 Å². The number of benzene rings is 1. The first-order valence-corrected chi connectivity index (χ1v) is 6.00. The summed E-state index contributed by atoms with van der Waals surface area (Å²) in [5, 5.41) is 12.1. The van der Waals surface area contributed by atoms with E-state index in [0.29, 0.717) is 18.7 Å². The van der Waals surface area contributed by atoms with Gasteiger partial charge >= 0.3 is 0 Å².